The molecule has 104 valence electrons. The van der Waals surface area contributed by atoms with Crippen molar-refractivity contribution in [2.24, 2.45) is 0 Å². The van der Waals surface area contributed by atoms with Gasteiger partial charge < -0.3 is 15.2 Å². The van der Waals surface area contributed by atoms with Crippen LogP contribution >= 0.6 is 11.6 Å². The van der Waals surface area contributed by atoms with E-state index in [9.17, 15) is 9.90 Å². The van der Waals surface area contributed by atoms with Gasteiger partial charge in [-0.2, -0.15) is 0 Å². The molecule has 4 heteroatoms. The number of halogens is 1. The van der Waals surface area contributed by atoms with Gasteiger partial charge in [-0.1, -0.05) is 29.8 Å². The molecule has 0 saturated heterocycles. The Morgan fingerprint density at radius 1 is 1.10 bits per heavy atom. The minimum Gasteiger partial charge on any atom is -0.548 e. The number of hydrogen-bond acceptors (Lipinski definition) is 3. The van der Waals surface area contributed by atoms with Crippen LogP contribution in [0.1, 0.15) is 22.7 Å². The van der Waals surface area contributed by atoms with E-state index in [1.807, 2.05) is 32.0 Å². The van der Waals surface area contributed by atoms with Crippen LogP contribution in [-0.2, 0) is 4.79 Å². The Bertz CT molecular complexity index is 623. The van der Waals surface area contributed by atoms with Gasteiger partial charge in [0.2, 0.25) is 0 Å². The predicted octanol–water partition coefficient (Wildman–Crippen LogP) is 2.86. The van der Waals surface area contributed by atoms with E-state index in [1.165, 1.54) is 0 Å². The summed E-state index contributed by atoms with van der Waals surface area (Å²) in [6.07, 6.45) is 0. The lowest BCUT2D eigenvalue weighted by Gasteiger charge is -2.22. The van der Waals surface area contributed by atoms with E-state index < -0.39 is 12.0 Å². The summed E-state index contributed by atoms with van der Waals surface area (Å²) in [4.78, 5) is 11.3. The SMILES string of the molecule is Cc1ccc(N[C@H](C(=O)[O-])c2ccc(Cl)cc2)cc1C. The molecular weight excluding hydrogens is 274 g/mol. The van der Waals surface area contributed by atoms with E-state index in [4.69, 9.17) is 11.6 Å². The minimum atomic E-state index is -1.18. The molecule has 2 rings (SSSR count). The molecule has 0 amide bonds. The number of hydrogen-bond donors (Lipinski definition) is 1. The highest BCUT2D eigenvalue weighted by Crippen LogP contribution is 2.22. The third kappa shape index (κ3) is 3.31. The van der Waals surface area contributed by atoms with Crippen molar-refractivity contribution in [2.45, 2.75) is 19.9 Å². The molecule has 0 aliphatic carbocycles. The number of nitrogens with one attached hydrogen (secondary N) is 1. The van der Waals surface area contributed by atoms with Gasteiger partial charge in [0.1, 0.15) is 0 Å². The fraction of sp³-hybridized carbons (Fsp3) is 0.188. The first-order valence-electron chi connectivity index (χ1n) is 6.27. The van der Waals surface area contributed by atoms with Crippen LogP contribution in [0, 0.1) is 13.8 Å². The number of anilines is 1. The van der Waals surface area contributed by atoms with Crippen molar-refractivity contribution in [3.8, 4) is 0 Å². The lowest BCUT2D eigenvalue weighted by molar-refractivity contribution is -0.307. The summed E-state index contributed by atoms with van der Waals surface area (Å²) in [7, 11) is 0. The molecule has 2 aromatic carbocycles. The van der Waals surface area contributed by atoms with Gasteiger partial charge in [-0.05, 0) is 54.8 Å². The largest absolute Gasteiger partial charge is 0.548 e. The summed E-state index contributed by atoms with van der Waals surface area (Å²) in [6, 6.07) is 11.5. The number of carbonyl (C=O) groups excluding carboxylic acids is 1. The molecule has 1 N–H and O–H groups in total. The summed E-state index contributed by atoms with van der Waals surface area (Å²) < 4.78 is 0. The highest BCUT2D eigenvalue weighted by atomic mass is 35.5. The Labute approximate surface area is 123 Å². The molecule has 0 heterocycles. The van der Waals surface area contributed by atoms with Gasteiger partial charge in [0.15, 0.2) is 0 Å². The first-order chi connectivity index (χ1) is 9.47. The molecule has 3 nitrogen and oxygen atoms in total. The van der Waals surface area contributed by atoms with Gasteiger partial charge in [0.05, 0.1) is 12.0 Å². The van der Waals surface area contributed by atoms with Gasteiger partial charge in [0, 0.05) is 10.7 Å². The average Bonchev–Trinajstić information content (AvgIpc) is 2.41. The van der Waals surface area contributed by atoms with Gasteiger partial charge in [-0.3, -0.25) is 0 Å². The van der Waals surface area contributed by atoms with E-state index >= 15 is 0 Å². The lowest BCUT2D eigenvalue weighted by Crippen LogP contribution is -2.34. The third-order valence-electron chi connectivity index (χ3n) is 3.26. The molecule has 0 aliphatic heterocycles. The zero-order valence-corrected chi connectivity index (χ0v) is 12.1. The normalized spacial score (nSPS) is 11.9. The molecular formula is C16H15ClNO2-. The number of carboxylic acids is 1. The highest BCUT2D eigenvalue weighted by Gasteiger charge is 2.12. The smallest absolute Gasteiger partial charge is 0.0912 e. The molecule has 0 spiro atoms. The molecule has 0 saturated carbocycles. The van der Waals surface area contributed by atoms with Crippen LogP contribution in [-0.4, -0.2) is 5.97 Å². The topological polar surface area (TPSA) is 52.2 Å². The summed E-state index contributed by atoms with van der Waals surface area (Å²) in [5, 5.41) is 14.9. The van der Waals surface area contributed by atoms with Crippen molar-refractivity contribution in [3.05, 3.63) is 64.2 Å². The number of aryl methyl sites for hydroxylation is 2. The number of rotatable bonds is 4. The van der Waals surface area contributed by atoms with E-state index in [2.05, 4.69) is 5.32 Å². The highest BCUT2D eigenvalue weighted by molar-refractivity contribution is 6.30. The molecule has 0 fully saturated rings. The fourth-order valence-corrected chi connectivity index (χ4v) is 2.06. The molecule has 0 radical (unpaired) electrons. The van der Waals surface area contributed by atoms with E-state index in [1.54, 1.807) is 24.3 Å². The molecule has 0 aliphatic rings. The second-order valence-corrected chi connectivity index (χ2v) is 5.18. The van der Waals surface area contributed by atoms with Crippen LogP contribution < -0.4 is 10.4 Å². The first-order valence-corrected chi connectivity index (χ1v) is 6.65. The number of carboxylic acid groups (broad SMARTS) is 1. The molecule has 0 bridgehead atoms. The monoisotopic (exact) mass is 288 g/mol. The predicted molar refractivity (Wildman–Crippen MR) is 78.7 cm³/mol. The van der Waals surface area contributed by atoms with Crippen molar-refractivity contribution >= 4 is 23.3 Å². The van der Waals surface area contributed by atoms with Gasteiger partial charge >= 0.3 is 0 Å². The zero-order chi connectivity index (χ0) is 14.7. The second-order valence-electron chi connectivity index (χ2n) is 4.75. The first kappa shape index (κ1) is 14.4. The minimum absolute atomic E-state index is 0.567. The van der Waals surface area contributed by atoms with Gasteiger partial charge in [0.25, 0.3) is 0 Å². The van der Waals surface area contributed by atoms with Crippen LogP contribution in [0.5, 0.6) is 0 Å². The van der Waals surface area contributed by atoms with E-state index in [0.29, 0.717) is 10.6 Å². The second kappa shape index (κ2) is 5.97. The van der Waals surface area contributed by atoms with Crippen LogP contribution in [0.3, 0.4) is 0 Å². The number of aliphatic carboxylic acids is 1. The van der Waals surface area contributed by atoms with Crippen LogP contribution in [0.25, 0.3) is 0 Å². The molecule has 1 atom stereocenters. The van der Waals surface area contributed by atoms with Gasteiger partial charge in [-0.25, -0.2) is 0 Å². The van der Waals surface area contributed by atoms with Crippen molar-refractivity contribution in [2.75, 3.05) is 5.32 Å². The van der Waals surface area contributed by atoms with Crippen LogP contribution in [0.15, 0.2) is 42.5 Å². The Balaban J connectivity index is 2.27. The molecule has 20 heavy (non-hydrogen) atoms. The number of benzene rings is 2. The Morgan fingerprint density at radius 3 is 2.30 bits per heavy atom. The quantitative estimate of drug-likeness (QED) is 0.941. The lowest BCUT2D eigenvalue weighted by atomic mass is 10.1. The summed E-state index contributed by atoms with van der Waals surface area (Å²) >= 11 is 5.81. The van der Waals surface area contributed by atoms with Crippen molar-refractivity contribution in [3.63, 3.8) is 0 Å². The third-order valence-corrected chi connectivity index (χ3v) is 3.51. The molecule has 0 aromatic heterocycles. The average molecular weight is 289 g/mol. The summed E-state index contributed by atoms with van der Waals surface area (Å²) in [6.45, 7) is 3.99. The van der Waals surface area contributed by atoms with Crippen molar-refractivity contribution < 1.29 is 9.90 Å². The Hall–Kier alpha value is -2.00. The fourth-order valence-electron chi connectivity index (χ4n) is 1.93. The van der Waals surface area contributed by atoms with Crippen molar-refractivity contribution in [1.29, 1.82) is 0 Å². The summed E-state index contributed by atoms with van der Waals surface area (Å²) in [5.41, 5.74) is 3.61. The standard InChI is InChI=1S/C16H16ClNO2/c1-10-3-8-14(9-11(10)2)18-15(16(19)20)12-4-6-13(17)7-5-12/h3-9,15,18H,1-2H3,(H,19,20)/p-1/t15-/m0/s1. The van der Waals surface area contributed by atoms with Crippen molar-refractivity contribution in [1.82, 2.24) is 0 Å². The van der Waals surface area contributed by atoms with E-state index in [-0.39, 0.29) is 0 Å². The number of carbonyl (C=O) groups is 1. The van der Waals surface area contributed by atoms with Crippen LogP contribution in [0.2, 0.25) is 5.02 Å². The van der Waals surface area contributed by atoms with E-state index in [0.717, 1.165) is 16.8 Å². The Kier molecular flexibility index (Phi) is 4.30. The molecule has 0 unspecified atom stereocenters. The van der Waals surface area contributed by atoms with Gasteiger partial charge in [-0.15, -0.1) is 0 Å². The zero-order valence-electron chi connectivity index (χ0n) is 11.3. The Morgan fingerprint density at radius 2 is 1.75 bits per heavy atom. The van der Waals surface area contributed by atoms with Crippen LogP contribution in [0.4, 0.5) is 5.69 Å². The molecule has 2 aromatic rings. The maximum atomic E-state index is 11.3. The maximum absolute atomic E-state index is 11.3. The summed E-state index contributed by atoms with van der Waals surface area (Å²) in [5.74, 6) is -1.18. The maximum Gasteiger partial charge on any atom is 0.0912 e.